The van der Waals surface area contributed by atoms with Gasteiger partial charge in [0.05, 0.1) is 17.3 Å². The lowest BCUT2D eigenvalue weighted by atomic mass is 10.2. The van der Waals surface area contributed by atoms with Crippen molar-refractivity contribution in [3.05, 3.63) is 22.8 Å². The lowest BCUT2D eigenvalue weighted by molar-refractivity contribution is -0.119. The number of hydrogen-bond acceptors (Lipinski definition) is 4. The molecule has 0 saturated carbocycles. The zero-order chi connectivity index (χ0) is 13.7. The van der Waals surface area contributed by atoms with Gasteiger partial charge in [-0.25, -0.2) is 4.98 Å². The predicted octanol–water partition coefficient (Wildman–Crippen LogP) is 1.47. The van der Waals surface area contributed by atoms with Crippen molar-refractivity contribution in [2.24, 2.45) is 5.73 Å². The molecule has 0 bridgehead atoms. The molecule has 1 amide bonds. The average molecular weight is 271 g/mol. The van der Waals surface area contributed by atoms with Crippen molar-refractivity contribution in [1.29, 1.82) is 0 Å². The molecule has 0 aliphatic rings. The van der Waals surface area contributed by atoms with Gasteiger partial charge >= 0.3 is 0 Å². The normalized spacial score (nSPS) is 11.0. The number of carbonyl (C=O) groups is 1. The zero-order valence-electron chi connectivity index (χ0n) is 10.9. The van der Waals surface area contributed by atoms with Crippen LogP contribution in [0.25, 0.3) is 0 Å². The van der Waals surface area contributed by atoms with Gasteiger partial charge < -0.3 is 11.1 Å². The summed E-state index contributed by atoms with van der Waals surface area (Å²) >= 11 is 6.11. The summed E-state index contributed by atoms with van der Waals surface area (Å²) in [5, 5.41) is 3.55. The molecule has 1 aromatic rings. The minimum Gasteiger partial charge on any atom is -0.373 e. The summed E-state index contributed by atoms with van der Waals surface area (Å²) in [4.78, 5) is 17.3. The van der Waals surface area contributed by atoms with Gasteiger partial charge in [-0.2, -0.15) is 0 Å². The van der Waals surface area contributed by atoms with Crippen LogP contribution in [0.2, 0.25) is 5.02 Å². The van der Waals surface area contributed by atoms with Crippen molar-refractivity contribution in [3.63, 3.8) is 0 Å². The molecule has 5 nitrogen and oxygen atoms in total. The number of primary amides is 1. The molecule has 0 aromatic carbocycles. The molecule has 1 heterocycles. The molecule has 0 fully saturated rings. The third-order valence-corrected chi connectivity index (χ3v) is 2.96. The Morgan fingerprint density at radius 3 is 2.72 bits per heavy atom. The van der Waals surface area contributed by atoms with E-state index in [9.17, 15) is 4.79 Å². The Labute approximate surface area is 112 Å². The minimum atomic E-state index is -0.357. The van der Waals surface area contributed by atoms with Gasteiger partial charge in [0.2, 0.25) is 5.91 Å². The van der Waals surface area contributed by atoms with Gasteiger partial charge in [-0.1, -0.05) is 11.6 Å². The Morgan fingerprint density at radius 1 is 1.56 bits per heavy atom. The van der Waals surface area contributed by atoms with Gasteiger partial charge in [0.15, 0.2) is 0 Å². The van der Waals surface area contributed by atoms with Gasteiger partial charge in [0.25, 0.3) is 0 Å². The second kappa shape index (κ2) is 6.56. The van der Waals surface area contributed by atoms with Gasteiger partial charge in [-0.05, 0) is 26.0 Å². The number of nitrogens with two attached hydrogens (primary N) is 1. The van der Waals surface area contributed by atoms with Crippen LogP contribution < -0.4 is 11.1 Å². The van der Waals surface area contributed by atoms with Gasteiger partial charge in [0, 0.05) is 19.6 Å². The highest BCUT2D eigenvalue weighted by Crippen LogP contribution is 2.19. The van der Waals surface area contributed by atoms with Gasteiger partial charge in [0.1, 0.15) is 5.82 Å². The van der Waals surface area contributed by atoms with Crippen LogP contribution in [0.3, 0.4) is 0 Å². The molecule has 0 aliphatic heterocycles. The molecule has 0 atom stereocenters. The Hall–Kier alpha value is -1.33. The fraction of sp³-hybridized carbons (Fsp3) is 0.500. The summed E-state index contributed by atoms with van der Waals surface area (Å²) in [6, 6.07) is 3.78. The van der Waals surface area contributed by atoms with Crippen molar-refractivity contribution >= 4 is 23.3 Å². The van der Waals surface area contributed by atoms with Crippen LogP contribution in [0.15, 0.2) is 12.1 Å². The van der Waals surface area contributed by atoms with Crippen LogP contribution in [0.5, 0.6) is 0 Å². The monoisotopic (exact) mass is 270 g/mol. The Balaban J connectivity index is 2.88. The number of rotatable bonds is 6. The molecule has 100 valence electrons. The van der Waals surface area contributed by atoms with E-state index in [0.717, 1.165) is 11.5 Å². The van der Waals surface area contributed by atoms with E-state index in [-0.39, 0.29) is 18.5 Å². The zero-order valence-corrected chi connectivity index (χ0v) is 11.7. The number of anilines is 1. The SMILES string of the molecule is CNc1ccc(Cl)c(CN(CC(N)=O)C(C)C)n1. The summed E-state index contributed by atoms with van der Waals surface area (Å²) < 4.78 is 0. The van der Waals surface area contributed by atoms with Crippen LogP contribution in [-0.4, -0.2) is 35.4 Å². The highest BCUT2D eigenvalue weighted by atomic mass is 35.5. The Bertz CT molecular complexity index is 423. The second-order valence-corrected chi connectivity index (χ2v) is 4.75. The third kappa shape index (κ3) is 4.16. The number of pyridine rings is 1. The molecule has 0 spiro atoms. The molecule has 18 heavy (non-hydrogen) atoms. The molecule has 0 unspecified atom stereocenters. The topological polar surface area (TPSA) is 71.2 Å². The van der Waals surface area contributed by atoms with Crippen molar-refractivity contribution in [1.82, 2.24) is 9.88 Å². The third-order valence-electron chi connectivity index (χ3n) is 2.62. The molecular formula is C12H19ClN4O. The quantitative estimate of drug-likeness (QED) is 0.821. The first-order valence-corrected chi connectivity index (χ1v) is 6.17. The summed E-state index contributed by atoms with van der Waals surface area (Å²) in [5.74, 6) is 0.391. The summed E-state index contributed by atoms with van der Waals surface area (Å²) in [7, 11) is 1.80. The fourth-order valence-electron chi connectivity index (χ4n) is 1.55. The van der Waals surface area contributed by atoms with Gasteiger partial charge in [-0.15, -0.1) is 0 Å². The number of amides is 1. The lowest BCUT2D eigenvalue weighted by Crippen LogP contribution is -2.38. The molecule has 1 rings (SSSR count). The van der Waals surface area contributed by atoms with Crippen molar-refractivity contribution in [2.75, 3.05) is 18.9 Å². The molecule has 0 aliphatic carbocycles. The highest BCUT2D eigenvalue weighted by molar-refractivity contribution is 6.31. The van der Waals surface area contributed by atoms with Crippen LogP contribution in [0, 0.1) is 0 Å². The van der Waals surface area contributed by atoms with Crippen LogP contribution in [0.1, 0.15) is 19.5 Å². The molecule has 1 aromatic heterocycles. The van der Waals surface area contributed by atoms with E-state index in [2.05, 4.69) is 10.3 Å². The van der Waals surface area contributed by atoms with E-state index in [1.54, 1.807) is 19.2 Å². The van der Waals surface area contributed by atoms with E-state index in [1.165, 1.54) is 0 Å². The standard InChI is InChI=1S/C12H19ClN4O/c1-8(2)17(7-11(14)18)6-10-9(13)4-5-12(15-3)16-10/h4-5,8H,6-7H2,1-3H3,(H2,14,18)(H,15,16). The fourth-order valence-corrected chi connectivity index (χ4v) is 1.71. The first-order chi connectivity index (χ1) is 8.43. The number of hydrogen-bond donors (Lipinski definition) is 2. The minimum absolute atomic E-state index is 0.189. The van der Waals surface area contributed by atoms with Crippen LogP contribution in [0.4, 0.5) is 5.82 Å². The lowest BCUT2D eigenvalue weighted by Gasteiger charge is -2.25. The number of carbonyl (C=O) groups excluding carboxylic acids is 1. The van der Waals surface area contributed by atoms with Gasteiger partial charge in [-0.3, -0.25) is 9.69 Å². The Kier molecular flexibility index (Phi) is 5.37. The molecular weight excluding hydrogens is 252 g/mol. The Morgan fingerprint density at radius 2 is 2.22 bits per heavy atom. The van der Waals surface area contributed by atoms with E-state index in [0.29, 0.717) is 11.6 Å². The maximum atomic E-state index is 11.0. The van der Waals surface area contributed by atoms with Crippen molar-refractivity contribution in [3.8, 4) is 0 Å². The van der Waals surface area contributed by atoms with Crippen LogP contribution >= 0.6 is 11.6 Å². The van der Waals surface area contributed by atoms with E-state index >= 15 is 0 Å². The number of nitrogens with one attached hydrogen (secondary N) is 1. The number of halogens is 1. The highest BCUT2D eigenvalue weighted by Gasteiger charge is 2.15. The average Bonchev–Trinajstić information content (AvgIpc) is 2.30. The van der Waals surface area contributed by atoms with Crippen molar-refractivity contribution in [2.45, 2.75) is 26.4 Å². The molecule has 3 N–H and O–H groups in total. The molecule has 6 heteroatoms. The summed E-state index contributed by atoms with van der Waals surface area (Å²) in [6.45, 7) is 4.69. The first-order valence-electron chi connectivity index (χ1n) is 5.79. The van der Waals surface area contributed by atoms with Crippen LogP contribution in [-0.2, 0) is 11.3 Å². The largest absolute Gasteiger partial charge is 0.373 e. The number of aromatic nitrogens is 1. The summed E-state index contributed by atoms with van der Waals surface area (Å²) in [5.41, 5.74) is 5.97. The maximum Gasteiger partial charge on any atom is 0.231 e. The molecule has 0 saturated heterocycles. The van der Waals surface area contributed by atoms with E-state index in [4.69, 9.17) is 17.3 Å². The van der Waals surface area contributed by atoms with Crippen molar-refractivity contribution < 1.29 is 4.79 Å². The molecule has 0 radical (unpaired) electrons. The van der Waals surface area contributed by atoms with E-state index < -0.39 is 0 Å². The number of nitrogens with zero attached hydrogens (tertiary/aromatic N) is 2. The predicted molar refractivity (Wildman–Crippen MR) is 73.5 cm³/mol. The summed E-state index contributed by atoms with van der Waals surface area (Å²) in [6.07, 6.45) is 0. The second-order valence-electron chi connectivity index (χ2n) is 4.34. The smallest absolute Gasteiger partial charge is 0.231 e. The maximum absolute atomic E-state index is 11.0. The first kappa shape index (κ1) is 14.7. The van der Waals surface area contributed by atoms with E-state index in [1.807, 2.05) is 18.7 Å².